The first kappa shape index (κ1) is 6.61. The number of oxime groups is 1. The van der Waals surface area contributed by atoms with Crippen molar-refractivity contribution >= 4 is 6.21 Å². The van der Waals surface area contributed by atoms with Crippen LogP contribution in [0.25, 0.3) is 0 Å². The number of hydrogen-bond donors (Lipinski definition) is 2. The van der Waals surface area contributed by atoms with Gasteiger partial charge < -0.3 is 10.3 Å². The largest absolute Gasteiger partial charge is 0.508 e. The van der Waals surface area contributed by atoms with Gasteiger partial charge in [-0.05, 0) is 29.8 Å². The van der Waals surface area contributed by atoms with E-state index in [2.05, 4.69) is 5.16 Å². The molecular weight excluding hydrogens is 130 g/mol. The molecule has 0 radical (unpaired) electrons. The fourth-order valence-electron chi connectivity index (χ4n) is 0.627. The number of phenolic OH excluding ortho intramolecular Hbond substituents is 1. The highest BCUT2D eigenvalue weighted by molar-refractivity contribution is 5.79. The predicted molar refractivity (Wildman–Crippen MR) is 37.5 cm³/mol. The predicted octanol–water partition coefficient (Wildman–Crippen LogP) is 1.20. The van der Waals surface area contributed by atoms with Crippen LogP contribution in [0, 0.1) is 0 Å². The van der Waals surface area contributed by atoms with E-state index in [1.165, 1.54) is 18.3 Å². The van der Waals surface area contributed by atoms with E-state index in [4.69, 9.17) is 10.3 Å². The Balaban J connectivity index is 2.89. The monoisotopic (exact) mass is 137 g/mol. The molecule has 0 unspecified atom stereocenters. The van der Waals surface area contributed by atoms with E-state index in [0.717, 1.165) is 5.56 Å². The fraction of sp³-hybridized carbons (Fsp3) is 0. The molecule has 0 amide bonds. The maximum atomic E-state index is 8.82. The SMILES string of the molecule is O/N=C/c1ccc(O)cc1. The van der Waals surface area contributed by atoms with E-state index in [1.54, 1.807) is 12.1 Å². The normalized spacial score (nSPS) is 10.4. The summed E-state index contributed by atoms with van der Waals surface area (Å²) in [6.07, 6.45) is 1.29. The summed E-state index contributed by atoms with van der Waals surface area (Å²) in [6, 6.07) is 6.35. The molecule has 1 rings (SSSR count). The minimum atomic E-state index is 0.204. The third-order valence-corrected chi connectivity index (χ3v) is 1.10. The molecule has 0 spiro atoms. The molecule has 3 heteroatoms. The second kappa shape index (κ2) is 2.87. The van der Waals surface area contributed by atoms with Crippen molar-refractivity contribution in [2.75, 3.05) is 0 Å². The number of phenols is 1. The van der Waals surface area contributed by atoms with Crippen molar-refractivity contribution in [1.82, 2.24) is 0 Å². The Morgan fingerprint density at radius 2 is 1.80 bits per heavy atom. The lowest BCUT2D eigenvalue weighted by atomic mass is 10.2. The van der Waals surface area contributed by atoms with Gasteiger partial charge in [-0.1, -0.05) is 5.16 Å². The van der Waals surface area contributed by atoms with Gasteiger partial charge in [0.15, 0.2) is 0 Å². The Labute approximate surface area is 58.2 Å². The summed E-state index contributed by atoms with van der Waals surface area (Å²) in [5, 5.41) is 19.7. The van der Waals surface area contributed by atoms with Gasteiger partial charge in [-0.15, -0.1) is 0 Å². The minimum Gasteiger partial charge on any atom is -0.508 e. The highest BCUT2D eigenvalue weighted by Gasteiger charge is 1.86. The Bertz CT molecular complexity index is 228. The van der Waals surface area contributed by atoms with Crippen LogP contribution in [-0.4, -0.2) is 16.5 Å². The Morgan fingerprint density at radius 3 is 2.30 bits per heavy atom. The molecule has 0 fully saturated rings. The molecule has 0 saturated carbocycles. The van der Waals surface area contributed by atoms with Crippen LogP contribution in [0.2, 0.25) is 0 Å². The second-order valence-corrected chi connectivity index (χ2v) is 1.84. The molecule has 2 N–H and O–H groups in total. The molecule has 0 aliphatic rings. The van der Waals surface area contributed by atoms with E-state index >= 15 is 0 Å². The number of aromatic hydroxyl groups is 1. The number of benzene rings is 1. The summed E-state index contributed by atoms with van der Waals surface area (Å²) in [5.74, 6) is 0.204. The molecule has 0 atom stereocenters. The molecule has 52 valence electrons. The first-order valence-electron chi connectivity index (χ1n) is 2.79. The second-order valence-electron chi connectivity index (χ2n) is 1.84. The van der Waals surface area contributed by atoms with Crippen LogP contribution in [0.5, 0.6) is 5.75 Å². The highest BCUT2D eigenvalue weighted by Crippen LogP contribution is 2.07. The molecule has 0 saturated heterocycles. The van der Waals surface area contributed by atoms with Crippen molar-refractivity contribution in [2.45, 2.75) is 0 Å². The third kappa shape index (κ3) is 1.48. The quantitative estimate of drug-likeness (QED) is 0.347. The van der Waals surface area contributed by atoms with Crippen molar-refractivity contribution in [3.05, 3.63) is 29.8 Å². The smallest absolute Gasteiger partial charge is 0.115 e. The molecule has 10 heavy (non-hydrogen) atoms. The van der Waals surface area contributed by atoms with E-state index in [-0.39, 0.29) is 5.75 Å². The topological polar surface area (TPSA) is 52.8 Å². The molecule has 3 nitrogen and oxygen atoms in total. The van der Waals surface area contributed by atoms with Gasteiger partial charge in [-0.25, -0.2) is 0 Å². The Hall–Kier alpha value is -1.51. The lowest BCUT2D eigenvalue weighted by Crippen LogP contribution is -1.77. The van der Waals surface area contributed by atoms with Gasteiger partial charge in [-0.3, -0.25) is 0 Å². The van der Waals surface area contributed by atoms with Gasteiger partial charge in [0.25, 0.3) is 0 Å². The van der Waals surface area contributed by atoms with E-state index < -0.39 is 0 Å². The average Bonchev–Trinajstić information content (AvgIpc) is 1.95. The lowest BCUT2D eigenvalue weighted by Gasteiger charge is -1.90. The molecule has 0 aliphatic heterocycles. The van der Waals surface area contributed by atoms with Gasteiger partial charge >= 0.3 is 0 Å². The molecule has 0 aromatic heterocycles. The minimum absolute atomic E-state index is 0.204. The molecule has 0 aliphatic carbocycles. The fourth-order valence-corrected chi connectivity index (χ4v) is 0.627. The summed E-state index contributed by atoms with van der Waals surface area (Å²) in [5.41, 5.74) is 0.750. The summed E-state index contributed by atoms with van der Waals surface area (Å²) in [6.45, 7) is 0. The van der Waals surface area contributed by atoms with Crippen molar-refractivity contribution in [2.24, 2.45) is 5.16 Å². The molecular formula is C7H7NO2. The van der Waals surface area contributed by atoms with Crippen LogP contribution in [-0.2, 0) is 0 Å². The van der Waals surface area contributed by atoms with E-state index in [1.807, 2.05) is 0 Å². The highest BCUT2D eigenvalue weighted by atomic mass is 16.4. The van der Waals surface area contributed by atoms with E-state index in [0.29, 0.717) is 0 Å². The zero-order valence-corrected chi connectivity index (χ0v) is 5.23. The first-order valence-corrected chi connectivity index (χ1v) is 2.79. The zero-order valence-electron chi connectivity index (χ0n) is 5.23. The number of hydrogen-bond acceptors (Lipinski definition) is 3. The van der Waals surface area contributed by atoms with Gasteiger partial charge in [0.1, 0.15) is 5.75 Å². The maximum absolute atomic E-state index is 8.82. The van der Waals surface area contributed by atoms with Crippen LogP contribution in [0.4, 0.5) is 0 Å². The lowest BCUT2D eigenvalue weighted by molar-refractivity contribution is 0.322. The number of rotatable bonds is 1. The third-order valence-electron chi connectivity index (χ3n) is 1.10. The zero-order chi connectivity index (χ0) is 7.40. The van der Waals surface area contributed by atoms with E-state index in [9.17, 15) is 0 Å². The number of nitrogens with zero attached hydrogens (tertiary/aromatic N) is 1. The standard InChI is InChI=1S/C7H7NO2/c9-7-3-1-6(2-4-7)5-8-10/h1-5,9-10H/b8-5+. The maximum Gasteiger partial charge on any atom is 0.115 e. The van der Waals surface area contributed by atoms with Crippen molar-refractivity contribution in [3.8, 4) is 5.75 Å². The van der Waals surface area contributed by atoms with Crippen molar-refractivity contribution in [1.29, 1.82) is 0 Å². The van der Waals surface area contributed by atoms with Crippen molar-refractivity contribution < 1.29 is 10.3 Å². The van der Waals surface area contributed by atoms with Gasteiger partial charge in [-0.2, -0.15) is 0 Å². The molecule has 0 heterocycles. The average molecular weight is 137 g/mol. The van der Waals surface area contributed by atoms with Crippen LogP contribution >= 0.6 is 0 Å². The van der Waals surface area contributed by atoms with Crippen LogP contribution in [0.3, 0.4) is 0 Å². The van der Waals surface area contributed by atoms with Crippen LogP contribution < -0.4 is 0 Å². The Morgan fingerprint density at radius 1 is 1.20 bits per heavy atom. The summed E-state index contributed by atoms with van der Waals surface area (Å²) >= 11 is 0. The molecule has 1 aromatic rings. The first-order chi connectivity index (χ1) is 4.83. The molecule has 1 aromatic carbocycles. The summed E-state index contributed by atoms with van der Waals surface area (Å²) in [4.78, 5) is 0. The van der Waals surface area contributed by atoms with Crippen LogP contribution in [0.15, 0.2) is 29.4 Å². The van der Waals surface area contributed by atoms with Gasteiger partial charge in [0.2, 0.25) is 0 Å². The summed E-state index contributed by atoms with van der Waals surface area (Å²) < 4.78 is 0. The van der Waals surface area contributed by atoms with Gasteiger partial charge in [0, 0.05) is 0 Å². The van der Waals surface area contributed by atoms with Crippen molar-refractivity contribution in [3.63, 3.8) is 0 Å². The molecule has 0 bridgehead atoms. The summed E-state index contributed by atoms with van der Waals surface area (Å²) in [7, 11) is 0. The van der Waals surface area contributed by atoms with Gasteiger partial charge in [0.05, 0.1) is 6.21 Å². The Kier molecular flexibility index (Phi) is 1.89. The van der Waals surface area contributed by atoms with Crippen LogP contribution in [0.1, 0.15) is 5.56 Å².